The maximum Gasteiger partial charge on any atom is 0.307 e. The van der Waals surface area contributed by atoms with Gasteiger partial charge in [0.05, 0.1) is 6.42 Å². The normalized spacial score (nSPS) is 13.9. The molecular formula is C11H20O3. The summed E-state index contributed by atoms with van der Waals surface area (Å²) in [4.78, 5) is 22.0. The van der Waals surface area contributed by atoms with Gasteiger partial charge in [-0.05, 0) is 26.7 Å². The molecule has 0 aromatic heterocycles. The van der Waals surface area contributed by atoms with Crippen LogP contribution in [0, 0.1) is 11.8 Å². The summed E-state index contributed by atoms with van der Waals surface area (Å²) in [7, 11) is 0. The molecule has 14 heavy (non-hydrogen) atoms. The standard InChI is InChI=1S/C11H20O3/c1-8(2)9(7-12)6-10(13)14-11(3,4)5/h7-9H,6H2,1-5H3/t9-/m1/s1. The zero-order chi connectivity index (χ0) is 11.4. The SMILES string of the molecule is CC(C)[C@@H](C=O)CC(=O)OC(C)(C)C. The second-order valence-corrected chi connectivity index (χ2v) is 4.83. The molecule has 3 heteroatoms. The van der Waals surface area contributed by atoms with Gasteiger partial charge >= 0.3 is 5.97 Å². The van der Waals surface area contributed by atoms with Crippen molar-refractivity contribution < 1.29 is 14.3 Å². The number of hydrogen-bond acceptors (Lipinski definition) is 3. The van der Waals surface area contributed by atoms with E-state index in [4.69, 9.17) is 4.74 Å². The van der Waals surface area contributed by atoms with Gasteiger partial charge in [-0.1, -0.05) is 13.8 Å². The van der Waals surface area contributed by atoms with Crippen molar-refractivity contribution in [3.8, 4) is 0 Å². The van der Waals surface area contributed by atoms with E-state index in [-0.39, 0.29) is 24.2 Å². The first-order chi connectivity index (χ1) is 6.26. The highest BCUT2D eigenvalue weighted by Crippen LogP contribution is 2.16. The zero-order valence-electron chi connectivity index (χ0n) is 9.66. The summed E-state index contributed by atoms with van der Waals surface area (Å²) >= 11 is 0. The first-order valence-electron chi connectivity index (χ1n) is 4.93. The van der Waals surface area contributed by atoms with Crippen LogP contribution in [0.3, 0.4) is 0 Å². The van der Waals surface area contributed by atoms with Crippen LogP contribution in [-0.2, 0) is 14.3 Å². The van der Waals surface area contributed by atoms with Gasteiger partial charge in [-0.2, -0.15) is 0 Å². The quantitative estimate of drug-likeness (QED) is 0.516. The van der Waals surface area contributed by atoms with Crippen LogP contribution in [0.4, 0.5) is 0 Å². The van der Waals surface area contributed by atoms with Crippen LogP contribution in [0.1, 0.15) is 41.0 Å². The molecule has 0 saturated carbocycles. The van der Waals surface area contributed by atoms with Gasteiger partial charge in [0.2, 0.25) is 0 Å². The minimum absolute atomic E-state index is 0.179. The van der Waals surface area contributed by atoms with Crippen molar-refractivity contribution in [2.24, 2.45) is 11.8 Å². The summed E-state index contributed by atoms with van der Waals surface area (Å²) < 4.78 is 5.12. The summed E-state index contributed by atoms with van der Waals surface area (Å²) in [6, 6.07) is 0. The molecule has 0 fully saturated rings. The van der Waals surface area contributed by atoms with Crippen LogP contribution < -0.4 is 0 Å². The van der Waals surface area contributed by atoms with Crippen molar-refractivity contribution in [2.75, 3.05) is 0 Å². The fourth-order valence-electron chi connectivity index (χ4n) is 1.02. The largest absolute Gasteiger partial charge is 0.460 e. The van der Waals surface area contributed by atoms with Crippen molar-refractivity contribution in [2.45, 2.75) is 46.6 Å². The summed E-state index contributed by atoms with van der Waals surface area (Å²) in [5, 5.41) is 0. The molecule has 0 spiro atoms. The predicted octanol–water partition coefficient (Wildman–Crippen LogP) is 2.19. The van der Waals surface area contributed by atoms with Crippen LogP contribution in [0.2, 0.25) is 0 Å². The third-order valence-electron chi connectivity index (χ3n) is 1.85. The molecule has 0 radical (unpaired) electrons. The maximum absolute atomic E-state index is 11.4. The van der Waals surface area contributed by atoms with Gasteiger partial charge in [-0.25, -0.2) is 0 Å². The average Bonchev–Trinajstić information content (AvgIpc) is 1.96. The van der Waals surface area contributed by atoms with Crippen molar-refractivity contribution in [1.82, 2.24) is 0 Å². The third kappa shape index (κ3) is 5.73. The molecule has 1 atom stereocenters. The molecule has 82 valence electrons. The Morgan fingerprint density at radius 2 is 1.86 bits per heavy atom. The molecule has 0 rings (SSSR count). The first-order valence-corrected chi connectivity index (χ1v) is 4.93. The van der Waals surface area contributed by atoms with Crippen molar-refractivity contribution >= 4 is 12.3 Å². The highest BCUT2D eigenvalue weighted by atomic mass is 16.6. The number of hydrogen-bond donors (Lipinski definition) is 0. The van der Waals surface area contributed by atoms with Crippen molar-refractivity contribution in [3.63, 3.8) is 0 Å². The number of carbonyl (C=O) groups is 2. The fourth-order valence-corrected chi connectivity index (χ4v) is 1.02. The maximum atomic E-state index is 11.4. The van der Waals surface area contributed by atoms with Crippen molar-refractivity contribution in [1.29, 1.82) is 0 Å². The van der Waals surface area contributed by atoms with Crippen LogP contribution in [0.25, 0.3) is 0 Å². The van der Waals surface area contributed by atoms with Gasteiger partial charge in [-0.15, -0.1) is 0 Å². The second-order valence-electron chi connectivity index (χ2n) is 4.83. The van der Waals surface area contributed by atoms with Crippen molar-refractivity contribution in [3.05, 3.63) is 0 Å². The predicted molar refractivity (Wildman–Crippen MR) is 54.9 cm³/mol. The zero-order valence-corrected chi connectivity index (χ0v) is 9.66. The Morgan fingerprint density at radius 3 is 2.14 bits per heavy atom. The Kier molecular flexibility index (Phi) is 4.81. The molecule has 0 saturated heterocycles. The van der Waals surface area contributed by atoms with Gasteiger partial charge in [0.25, 0.3) is 0 Å². The first kappa shape index (κ1) is 13.1. The van der Waals surface area contributed by atoms with Crippen LogP contribution >= 0.6 is 0 Å². The molecular weight excluding hydrogens is 180 g/mol. The van der Waals surface area contributed by atoms with Crippen LogP contribution in [0.5, 0.6) is 0 Å². The van der Waals surface area contributed by atoms with Gasteiger partial charge in [-0.3, -0.25) is 4.79 Å². The molecule has 3 nitrogen and oxygen atoms in total. The van der Waals surface area contributed by atoms with E-state index in [2.05, 4.69) is 0 Å². The van der Waals surface area contributed by atoms with E-state index in [0.717, 1.165) is 6.29 Å². The Hall–Kier alpha value is -0.860. The third-order valence-corrected chi connectivity index (χ3v) is 1.85. The number of carbonyl (C=O) groups excluding carboxylic acids is 2. The Bertz CT molecular complexity index is 201. The summed E-state index contributed by atoms with van der Waals surface area (Å²) in [6.07, 6.45) is 1.01. The lowest BCUT2D eigenvalue weighted by Crippen LogP contribution is -2.26. The van der Waals surface area contributed by atoms with E-state index in [1.165, 1.54) is 0 Å². The van der Waals surface area contributed by atoms with Gasteiger partial charge < -0.3 is 9.53 Å². The van der Waals surface area contributed by atoms with E-state index in [0.29, 0.717) is 0 Å². The lowest BCUT2D eigenvalue weighted by atomic mass is 9.94. The minimum atomic E-state index is -0.471. The average molecular weight is 200 g/mol. The molecule has 0 aliphatic rings. The Balaban J connectivity index is 4.11. The van der Waals surface area contributed by atoms with E-state index in [9.17, 15) is 9.59 Å². The summed E-state index contributed by atoms with van der Waals surface area (Å²) in [5.74, 6) is -0.354. The van der Waals surface area contributed by atoms with Crippen LogP contribution in [0.15, 0.2) is 0 Å². The van der Waals surface area contributed by atoms with E-state index in [1.807, 2.05) is 34.6 Å². The lowest BCUT2D eigenvalue weighted by molar-refractivity contribution is -0.157. The molecule has 0 aliphatic heterocycles. The van der Waals surface area contributed by atoms with Crippen LogP contribution in [-0.4, -0.2) is 17.9 Å². The molecule has 0 aliphatic carbocycles. The molecule has 0 unspecified atom stereocenters. The Morgan fingerprint density at radius 1 is 1.36 bits per heavy atom. The molecule has 0 amide bonds. The molecule has 0 aromatic carbocycles. The molecule has 0 heterocycles. The summed E-state index contributed by atoms with van der Waals surface area (Å²) in [6.45, 7) is 9.29. The number of rotatable bonds is 4. The highest BCUT2D eigenvalue weighted by molar-refractivity contribution is 5.74. The second kappa shape index (κ2) is 5.13. The molecule has 0 aromatic rings. The number of ether oxygens (including phenoxy) is 1. The smallest absolute Gasteiger partial charge is 0.307 e. The van der Waals surface area contributed by atoms with Gasteiger partial charge in [0.1, 0.15) is 11.9 Å². The molecule has 0 N–H and O–H groups in total. The van der Waals surface area contributed by atoms with Gasteiger partial charge in [0.15, 0.2) is 0 Å². The topological polar surface area (TPSA) is 43.4 Å². The number of aldehydes is 1. The Labute approximate surface area is 85.8 Å². The highest BCUT2D eigenvalue weighted by Gasteiger charge is 2.21. The minimum Gasteiger partial charge on any atom is -0.460 e. The van der Waals surface area contributed by atoms with E-state index >= 15 is 0 Å². The fraction of sp³-hybridized carbons (Fsp3) is 0.818. The molecule has 0 bridgehead atoms. The monoisotopic (exact) mass is 200 g/mol. The van der Waals surface area contributed by atoms with E-state index < -0.39 is 5.60 Å². The van der Waals surface area contributed by atoms with E-state index in [1.54, 1.807) is 0 Å². The summed E-state index contributed by atoms with van der Waals surface area (Å²) in [5.41, 5.74) is -0.471. The van der Waals surface area contributed by atoms with Gasteiger partial charge in [0, 0.05) is 5.92 Å². The number of esters is 1. The lowest BCUT2D eigenvalue weighted by Gasteiger charge is -2.21.